The Morgan fingerprint density at radius 2 is 1.33 bits per heavy atom. The summed E-state index contributed by atoms with van der Waals surface area (Å²) in [6.07, 6.45) is -1.05. The average Bonchev–Trinajstić information content (AvgIpc) is 2.65. The third-order valence-electron chi connectivity index (χ3n) is 3.68. The van der Waals surface area contributed by atoms with Gasteiger partial charge in [0.1, 0.15) is 18.1 Å². The quantitative estimate of drug-likeness (QED) is 0.114. The van der Waals surface area contributed by atoms with E-state index in [4.69, 9.17) is 22.3 Å². The number of amides is 5. The van der Waals surface area contributed by atoms with E-state index in [0.29, 0.717) is 0 Å². The molecule has 0 aromatic rings. The van der Waals surface area contributed by atoms with Crippen molar-refractivity contribution in [2.24, 2.45) is 17.2 Å². The number of carboxylic acid groups (broad SMARTS) is 1. The number of carbonyl (C=O) groups is 6. The highest BCUT2D eigenvalue weighted by atomic mass is 32.1. The van der Waals surface area contributed by atoms with Crippen LogP contribution in [0.25, 0.3) is 0 Å². The predicted octanol–water partition coefficient (Wildman–Crippen LogP) is -5.08. The molecule has 0 aromatic carbocycles. The Kier molecular flexibility index (Phi) is 12.0. The normalized spacial score (nSPS) is 14.5. The molecule has 0 radical (unpaired) electrons. The number of rotatable bonds is 14. The minimum absolute atomic E-state index is 0.257. The van der Waals surface area contributed by atoms with Gasteiger partial charge in [-0.3, -0.25) is 24.0 Å². The second-order valence-electron chi connectivity index (χ2n) is 6.17. The topological polar surface area (TPSA) is 257 Å². The van der Waals surface area contributed by atoms with E-state index in [2.05, 4.69) is 28.6 Å². The molecule has 170 valence electrons. The molecule has 4 unspecified atom stereocenters. The van der Waals surface area contributed by atoms with Crippen LogP contribution in [0.5, 0.6) is 0 Å². The van der Waals surface area contributed by atoms with E-state index >= 15 is 0 Å². The van der Waals surface area contributed by atoms with Gasteiger partial charge >= 0.3 is 5.97 Å². The number of carbonyl (C=O) groups excluding carboxylic acids is 5. The van der Waals surface area contributed by atoms with E-state index in [1.807, 2.05) is 0 Å². The number of primary amides is 2. The molecular formula is C15H26N6O8S. The van der Waals surface area contributed by atoms with E-state index < -0.39 is 72.7 Å². The summed E-state index contributed by atoms with van der Waals surface area (Å²) in [7, 11) is 0. The number of nitrogens with two attached hydrogens (primary N) is 3. The van der Waals surface area contributed by atoms with E-state index in [9.17, 15) is 33.9 Å². The van der Waals surface area contributed by atoms with Gasteiger partial charge in [-0.25, -0.2) is 4.79 Å². The Labute approximate surface area is 176 Å². The lowest BCUT2D eigenvalue weighted by Gasteiger charge is -2.23. The third kappa shape index (κ3) is 10.0. The summed E-state index contributed by atoms with van der Waals surface area (Å²) in [5.74, 6) is -6.14. The van der Waals surface area contributed by atoms with Crippen molar-refractivity contribution in [3.05, 3.63) is 0 Å². The molecule has 0 saturated carbocycles. The molecule has 0 rings (SSSR count). The first-order valence-electron chi connectivity index (χ1n) is 8.60. The molecule has 0 aromatic heterocycles. The van der Waals surface area contributed by atoms with Crippen molar-refractivity contribution in [2.75, 3.05) is 12.4 Å². The minimum atomic E-state index is -1.52. The fourth-order valence-corrected chi connectivity index (χ4v) is 2.32. The van der Waals surface area contributed by atoms with Crippen molar-refractivity contribution in [3.63, 3.8) is 0 Å². The van der Waals surface area contributed by atoms with Gasteiger partial charge in [-0.1, -0.05) is 0 Å². The van der Waals surface area contributed by atoms with Crippen molar-refractivity contribution >= 4 is 48.1 Å². The average molecular weight is 450 g/mol. The Morgan fingerprint density at radius 1 is 0.833 bits per heavy atom. The van der Waals surface area contributed by atoms with Crippen molar-refractivity contribution in [1.82, 2.24) is 16.0 Å². The monoisotopic (exact) mass is 450 g/mol. The summed E-state index contributed by atoms with van der Waals surface area (Å²) in [6.45, 7) is -0.863. The van der Waals surface area contributed by atoms with Crippen LogP contribution in [0.15, 0.2) is 0 Å². The molecule has 5 amide bonds. The SMILES string of the molecule is NC(=O)CCC(NC(=O)C(CS)NC(=O)C(CO)NC(=O)C(N)CC(N)=O)C(=O)O. The molecule has 0 aliphatic carbocycles. The zero-order valence-corrected chi connectivity index (χ0v) is 16.8. The first kappa shape index (κ1) is 27.1. The molecule has 14 nitrogen and oxygen atoms in total. The zero-order valence-electron chi connectivity index (χ0n) is 15.9. The van der Waals surface area contributed by atoms with Crippen LogP contribution >= 0.6 is 12.6 Å². The predicted molar refractivity (Wildman–Crippen MR) is 105 cm³/mol. The lowest BCUT2D eigenvalue weighted by molar-refractivity contribution is -0.142. The lowest BCUT2D eigenvalue weighted by atomic mass is 10.1. The summed E-state index contributed by atoms with van der Waals surface area (Å²) in [4.78, 5) is 69.2. The number of aliphatic hydroxyl groups excluding tert-OH is 1. The summed E-state index contributed by atoms with van der Waals surface area (Å²) in [5, 5.41) is 24.9. The number of hydrogen-bond donors (Lipinski definition) is 9. The maximum Gasteiger partial charge on any atom is 0.326 e. The van der Waals surface area contributed by atoms with Gasteiger partial charge in [0.2, 0.25) is 29.5 Å². The highest BCUT2D eigenvalue weighted by molar-refractivity contribution is 7.80. The third-order valence-corrected chi connectivity index (χ3v) is 4.05. The van der Waals surface area contributed by atoms with Gasteiger partial charge in [0, 0.05) is 12.2 Å². The molecule has 15 heteroatoms. The smallest absolute Gasteiger partial charge is 0.326 e. The van der Waals surface area contributed by atoms with Gasteiger partial charge in [-0.15, -0.1) is 0 Å². The number of carboxylic acids is 1. The summed E-state index contributed by atoms with van der Waals surface area (Å²) in [5.41, 5.74) is 15.3. The van der Waals surface area contributed by atoms with Crippen molar-refractivity contribution < 1.29 is 39.0 Å². The van der Waals surface area contributed by atoms with Crippen LogP contribution in [0.1, 0.15) is 19.3 Å². The van der Waals surface area contributed by atoms with Crippen LogP contribution < -0.4 is 33.2 Å². The molecule has 0 heterocycles. The largest absolute Gasteiger partial charge is 0.480 e. The molecule has 30 heavy (non-hydrogen) atoms. The van der Waals surface area contributed by atoms with Crippen LogP contribution in [0.2, 0.25) is 0 Å². The maximum atomic E-state index is 12.3. The number of thiol groups is 1. The summed E-state index contributed by atoms with van der Waals surface area (Å²) in [6, 6.07) is -5.64. The van der Waals surface area contributed by atoms with Crippen LogP contribution in [0.4, 0.5) is 0 Å². The van der Waals surface area contributed by atoms with Crippen LogP contribution in [0.3, 0.4) is 0 Å². The van der Waals surface area contributed by atoms with Crippen molar-refractivity contribution in [3.8, 4) is 0 Å². The molecule has 0 aliphatic heterocycles. The molecule has 0 fully saturated rings. The fraction of sp³-hybridized carbons (Fsp3) is 0.600. The van der Waals surface area contributed by atoms with E-state index in [0.717, 1.165) is 0 Å². The number of aliphatic hydroxyl groups is 1. The van der Waals surface area contributed by atoms with E-state index in [-0.39, 0.29) is 18.6 Å². The van der Waals surface area contributed by atoms with Crippen LogP contribution in [-0.4, -0.2) is 82.2 Å². The Bertz CT molecular complexity index is 676. The Hall–Kier alpha value is -2.91. The van der Waals surface area contributed by atoms with Gasteiger partial charge < -0.3 is 43.4 Å². The summed E-state index contributed by atoms with van der Waals surface area (Å²) < 4.78 is 0. The molecule has 11 N–H and O–H groups in total. The number of nitrogens with one attached hydrogen (secondary N) is 3. The zero-order chi connectivity index (χ0) is 23.4. The molecule has 0 bridgehead atoms. The molecule has 0 saturated heterocycles. The maximum absolute atomic E-state index is 12.3. The second-order valence-corrected chi connectivity index (χ2v) is 6.53. The molecule has 4 atom stereocenters. The highest BCUT2D eigenvalue weighted by Gasteiger charge is 2.29. The molecule has 0 spiro atoms. The Balaban J connectivity index is 5.00. The lowest BCUT2D eigenvalue weighted by Crippen LogP contribution is -2.58. The van der Waals surface area contributed by atoms with Gasteiger partial charge in [-0.05, 0) is 6.42 Å². The first-order valence-corrected chi connectivity index (χ1v) is 9.23. The fourth-order valence-electron chi connectivity index (χ4n) is 2.07. The highest BCUT2D eigenvalue weighted by Crippen LogP contribution is 2.00. The van der Waals surface area contributed by atoms with E-state index in [1.165, 1.54) is 0 Å². The van der Waals surface area contributed by atoms with Gasteiger partial charge in [0.15, 0.2) is 0 Å². The van der Waals surface area contributed by atoms with Crippen LogP contribution in [0, 0.1) is 0 Å². The number of hydrogen-bond acceptors (Lipinski definition) is 9. The second kappa shape index (κ2) is 13.3. The van der Waals surface area contributed by atoms with Crippen molar-refractivity contribution in [1.29, 1.82) is 0 Å². The minimum Gasteiger partial charge on any atom is -0.480 e. The van der Waals surface area contributed by atoms with Gasteiger partial charge in [-0.2, -0.15) is 12.6 Å². The van der Waals surface area contributed by atoms with E-state index in [1.54, 1.807) is 0 Å². The van der Waals surface area contributed by atoms with Gasteiger partial charge in [0.05, 0.1) is 19.1 Å². The standard InChI is InChI=1S/C15H26N6O8S/c16-6(3-11(18)24)12(25)20-8(4-22)13(26)21-9(5-30)14(27)19-7(15(28)29)1-2-10(17)23/h6-9,22,30H,1-5,16H2,(H2,17,23)(H2,18,24)(H,19,27)(H,20,25)(H,21,26)(H,28,29). The van der Waals surface area contributed by atoms with Crippen LogP contribution in [-0.2, 0) is 28.8 Å². The van der Waals surface area contributed by atoms with Crippen molar-refractivity contribution in [2.45, 2.75) is 43.4 Å². The number of aliphatic carboxylic acids is 1. The first-order chi connectivity index (χ1) is 13.9. The Morgan fingerprint density at radius 3 is 1.77 bits per heavy atom. The molecular weight excluding hydrogens is 424 g/mol. The summed E-state index contributed by atoms with van der Waals surface area (Å²) >= 11 is 3.91. The molecule has 0 aliphatic rings. The van der Waals surface area contributed by atoms with Gasteiger partial charge in [0.25, 0.3) is 0 Å².